The quantitative estimate of drug-likeness (QED) is 0.791. The van der Waals surface area contributed by atoms with Crippen molar-refractivity contribution in [2.24, 2.45) is 0 Å². The number of nitrogens with zero attached hydrogens (tertiary/aromatic N) is 2. The summed E-state index contributed by atoms with van der Waals surface area (Å²) >= 11 is 3.42. The van der Waals surface area contributed by atoms with Crippen molar-refractivity contribution in [1.82, 2.24) is 4.98 Å². The molecule has 17 heavy (non-hydrogen) atoms. The van der Waals surface area contributed by atoms with Gasteiger partial charge in [-0.3, -0.25) is 0 Å². The van der Waals surface area contributed by atoms with Crippen molar-refractivity contribution in [3.8, 4) is 0 Å². The van der Waals surface area contributed by atoms with Crippen LogP contribution in [-0.4, -0.2) is 11.0 Å². The van der Waals surface area contributed by atoms with Gasteiger partial charge in [0.05, 0.1) is 0 Å². The topological polar surface area (TPSA) is 16.1 Å². The molecule has 2 heterocycles. The van der Waals surface area contributed by atoms with Crippen LogP contribution in [0.3, 0.4) is 0 Å². The molecule has 0 aliphatic carbocycles. The van der Waals surface area contributed by atoms with Crippen LogP contribution < -0.4 is 4.90 Å². The first-order chi connectivity index (χ1) is 8.25. The Labute approximate surface area is 109 Å². The maximum atomic E-state index is 4.49. The minimum Gasteiger partial charge on any atom is -0.323 e. The summed E-state index contributed by atoms with van der Waals surface area (Å²) in [7, 11) is 0. The van der Waals surface area contributed by atoms with E-state index >= 15 is 0 Å². The molecule has 1 atom stereocenters. The largest absolute Gasteiger partial charge is 0.323 e. The summed E-state index contributed by atoms with van der Waals surface area (Å²) in [5.41, 5.74) is 2.69. The number of fused-ring (bicyclic) bond motifs is 1. The summed E-state index contributed by atoms with van der Waals surface area (Å²) < 4.78 is 1.02. The van der Waals surface area contributed by atoms with E-state index in [-0.39, 0.29) is 0 Å². The zero-order chi connectivity index (χ0) is 11.8. The Bertz CT molecular complexity index is 536. The van der Waals surface area contributed by atoms with E-state index < -0.39 is 0 Å². The summed E-state index contributed by atoms with van der Waals surface area (Å²) in [5, 5.41) is 0. The molecule has 86 valence electrons. The van der Waals surface area contributed by atoms with E-state index in [1.54, 1.807) is 0 Å². The minimum absolute atomic E-state index is 0.473. The number of hydrogen-bond donors (Lipinski definition) is 0. The number of anilines is 2. The molecular weight excluding hydrogens is 276 g/mol. The fraction of sp³-hybridized carbons (Fsp3) is 0.214. The maximum absolute atomic E-state index is 4.49. The van der Waals surface area contributed by atoms with Gasteiger partial charge < -0.3 is 4.90 Å². The molecule has 0 N–H and O–H groups in total. The van der Waals surface area contributed by atoms with Gasteiger partial charge in [-0.25, -0.2) is 4.98 Å². The fourth-order valence-electron chi connectivity index (χ4n) is 2.43. The van der Waals surface area contributed by atoms with Crippen LogP contribution in [0.5, 0.6) is 0 Å². The van der Waals surface area contributed by atoms with Gasteiger partial charge in [-0.2, -0.15) is 0 Å². The molecule has 1 aliphatic rings. The van der Waals surface area contributed by atoms with Gasteiger partial charge in [-0.05, 0) is 53.0 Å². The molecule has 1 unspecified atom stereocenters. The second-order valence-corrected chi connectivity index (χ2v) is 5.30. The normalized spacial score (nSPS) is 18.2. The summed E-state index contributed by atoms with van der Waals surface area (Å²) in [6, 6.07) is 13.1. The number of para-hydroxylation sites is 1. The highest BCUT2D eigenvalue weighted by Crippen LogP contribution is 2.37. The van der Waals surface area contributed by atoms with E-state index in [0.29, 0.717) is 6.04 Å². The lowest BCUT2D eigenvalue weighted by atomic mass is 10.1. The van der Waals surface area contributed by atoms with E-state index in [1.165, 1.54) is 11.3 Å². The second kappa shape index (κ2) is 4.15. The highest BCUT2D eigenvalue weighted by molar-refractivity contribution is 9.10. The third kappa shape index (κ3) is 1.84. The van der Waals surface area contributed by atoms with Crippen LogP contribution in [0.4, 0.5) is 11.5 Å². The molecule has 3 rings (SSSR count). The van der Waals surface area contributed by atoms with Gasteiger partial charge in [0.2, 0.25) is 0 Å². The first kappa shape index (κ1) is 10.8. The van der Waals surface area contributed by atoms with E-state index in [2.05, 4.69) is 63.1 Å². The number of pyridine rings is 1. The fourth-order valence-corrected chi connectivity index (χ4v) is 2.66. The molecule has 1 aromatic heterocycles. The van der Waals surface area contributed by atoms with E-state index in [9.17, 15) is 0 Å². The Hall–Kier alpha value is -1.35. The van der Waals surface area contributed by atoms with Gasteiger partial charge in [-0.1, -0.05) is 18.2 Å². The van der Waals surface area contributed by atoms with Crippen molar-refractivity contribution in [3.05, 3.63) is 52.6 Å². The lowest BCUT2D eigenvalue weighted by molar-refractivity contribution is 0.750. The van der Waals surface area contributed by atoms with E-state index in [4.69, 9.17) is 0 Å². The molecule has 0 radical (unpaired) electrons. The van der Waals surface area contributed by atoms with Gasteiger partial charge in [0.1, 0.15) is 5.82 Å². The molecule has 0 fully saturated rings. The molecular formula is C14H13BrN2. The van der Waals surface area contributed by atoms with Crippen LogP contribution in [-0.2, 0) is 6.42 Å². The monoisotopic (exact) mass is 288 g/mol. The Morgan fingerprint density at radius 3 is 2.82 bits per heavy atom. The van der Waals surface area contributed by atoms with Gasteiger partial charge in [-0.15, -0.1) is 0 Å². The average molecular weight is 289 g/mol. The molecule has 0 saturated heterocycles. The van der Waals surface area contributed by atoms with E-state index in [0.717, 1.165) is 16.7 Å². The third-order valence-electron chi connectivity index (χ3n) is 3.17. The van der Waals surface area contributed by atoms with Gasteiger partial charge in [0.15, 0.2) is 0 Å². The van der Waals surface area contributed by atoms with Crippen LogP contribution in [0.2, 0.25) is 0 Å². The number of benzene rings is 1. The Balaban J connectivity index is 2.06. The Morgan fingerprint density at radius 2 is 2.06 bits per heavy atom. The minimum atomic E-state index is 0.473. The Morgan fingerprint density at radius 1 is 1.24 bits per heavy atom. The van der Waals surface area contributed by atoms with Crippen LogP contribution in [0.15, 0.2) is 47.1 Å². The number of rotatable bonds is 1. The molecule has 0 saturated carbocycles. The van der Waals surface area contributed by atoms with Crippen molar-refractivity contribution in [2.45, 2.75) is 19.4 Å². The molecule has 1 aromatic carbocycles. The Kier molecular flexibility index (Phi) is 2.63. The van der Waals surface area contributed by atoms with Gasteiger partial charge >= 0.3 is 0 Å². The van der Waals surface area contributed by atoms with Gasteiger partial charge in [0.25, 0.3) is 0 Å². The smallest absolute Gasteiger partial charge is 0.133 e. The van der Waals surface area contributed by atoms with Crippen molar-refractivity contribution < 1.29 is 0 Å². The van der Waals surface area contributed by atoms with Crippen molar-refractivity contribution in [3.63, 3.8) is 0 Å². The zero-order valence-electron chi connectivity index (χ0n) is 9.60. The molecule has 0 amide bonds. The summed E-state index contributed by atoms with van der Waals surface area (Å²) in [5.74, 6) is 1.02. The lowest BCUT2D eigenvalue weighted by Gasteiger charge is -2.23. The van der Waals surface area contributed by atoms with E-state index in [1.807, 2.05) is 12.3 Å². The molecule has 3 heteroatoms. The SMILES string of the molecule is CC1Cc2ccccc2N1c1ccc(Br)cn1. The van der Waals surface area contributed by atoms with Crippen LogP contribution in [0.25, 0.3) is 0 Å². The van der Waals surface area contributed by atoms with Gasteiger partial charge in [0, 0.05) is 22.4 Å². The standard InChI is InChI=1S/C14H13BrN2/c1-10-8-11-4-2-3-5-13(11)17(10)14-7-6-12(15)9-16-14/h2-7,9-10H,8H2,1H3. The third-order valence-corrected chi connectivity index (χ3v) is 3.63. The molecule has 0 bridgehead atoms. The van der Waals surface area contributed by atoms with Crippen LogP contribution in [0, 0.1) is 0 Å². The summed E-state index contributed by atoms with van der Waals surface area (Å²) in [6.07, 6.45) is 2.94. The second-order valence-electron chi connectivity index (χ2n) is 4.39. The maximum Gasteiger partial charge on any atom is 0.133 e. The van der Waals surface area contributed by atoms with Crippen molar-refractivity contribution in [1.29, 1.82) is 0 Å². The molecule has 2 nitrogen and oxygen atoms in total. The lowest BCUT2D eigenvalue weighted by Crippen LogP contribution is -2.24. The number of halogens is 1. The molecule has 0 spiro atoms. The van der Waals surface area contributed by atoms with Crippen LogP contribution in [0.1, 0.15) is 12.5 Å². The first-order valence-corrected chi connectivity index (χ1v) is 6.54. The molecule has 2 aromatic rings. The summed E-state index contributed by atoms with van der Waals surface area (Å²) in [4.78, 5) is 6.80. The predicted octanol–water partition coefficient (Wildman–Crippen LogP) is 3.93. The number of hydrogen-bond acceptors (Lipinski definition) is 2. The average Bonchev–Trinajstić information content (AvgIpc) is 2.66. The highest BCUT2D eigenvalue weighted by atomic mass is 79.9. The highest BCUT2D eigenvalue weighted by Gasteiger charge is 2.27. The summed E-state index contributed by atoms with van der Waals surface area (Å²) in [6.45, 7) is 2.24. The first-order valence-electron chi connectivity index (χ1n) is 5.74. The predicted molar refractivity (Wildman–Crippen MR) is 73.7 cm³/mol. The zero-order valence-corrected chi connectivity index (χ0v) is 11.2. The van der Waals surface area contributed by atoms with Crippen LogP contribution >= 0.6 is 15.9 Å². The molecule has 1 aliphatic heterocycles. The van der Waals surface area contributed by atoms with Crippen molar-refractivity contribution in [2.75, 3.05) is 4.90 Å². The van der Waals surface area contributed by atoms with Crippen molar-refractivity contribution >= 4 is 27.4 Å². The number of aromatic nitrogens is 1.